The van der Waals surface area contributed by atoms with Gasteiger partial charge in [0.15, 0.2) is 0 Å². The number of imide groups is 1. The van der Waals surface area contributed by atoms with Gasteiger partial charge in [-0.05, 0) is 53.9 Å². The predicted octanol–water partition coefficient (Wildman–Crippen LogP) is 3.89. The Morgan fingerprint density at radius 3 is 2.22 bits per heavy atom. The van der Waals surface area contributed by atoms with E-state index < -0.39 is 23.9 Å². The van der Waals surface area contributed by atoms with Gasteiger partial charge in [-0.15, -0.1) is 0 Å². The highest BCUT2D eigenvalue weighted by Crippen LogP contribution is 2.29. The van der Waals surface area contributed by atoms with Crippen LogP contribution in [0.5, 0.6) is 0 Å². The molecule has 5 amide bonds. The third-order valence-electron chi connectivity index (χ3n) is 6.05. The number of hydroxylamine groups is 1. The molecule has 9 nitrogen and oxygen atoms in total. The van der Waals surface area contributed by atoms with Crippen molar-refractivity contribution in [2.45, 2.75) is 32.0 Å². The van der Waals surface area contributed by atoms with E-state index in [-0.39, 0.29) is 37.4 Å². The molecule has 3 aromatic rings. The molecule has 3 N–H and O–H groups in total. The van der Waals surface area contributed by atoms with E-state index in [4.69, 9.17) is 16.8 Å². The van der Waals surface area contributed by atoms with Gasteiger partial charge in [-0.25, -0.2) is 15.2 Å². The lowest BCUT2D eigenvalue weighted by molar-refractivity contribution is -0.122. The highest BCUT2D eigenvalue weighted by Gasteiger charge is 2.45. The molecule has 10 heteroatoms. The highest BCUT2D eigenvalue weighted by atomic mass is 35.5. The van der Waals surface area contributed by atoms with Gasteiger partial charge in [-0.3, -0.25) is 19.6 Å². The molecule has 1 unspecified atom stereocenters. The fourth-order valence-electron chi connectivity index (χ4n) is 4.10. The van der Waals surface area contributed by atoms with Crippen LogP contribution >= 0.6 is 11.6 Å². The van der Waals surface area contributed by atoms with Gasteiger partial charge in [0, 0.05) is 30.1 Å². The van der Waals surface area contributed by atoms with Crippen LogP contribution in [0.3, 0.4) is 0 Å². The van der Waals surface area contributed by atoms with Crippen LogP contribution in [0.15, 0.2) is 78.9 Å². The van der Waals surface area contributed by atoms with Crippen molar-refractivity contribution in [3.05, 3.63) is 101 Å². The highest BCUT2D eigenvalue weighted by molar-refractivity contribution is 6.30. The smallest absolute Gasteiger partial charge is 0.332 e. The zero-order chi connectivity index (χ0) is 26.4. The van der Waals surface area contributed by atoms with Gasteiger partial charge in [0.25, 0.3) is 11.8 Å². The zero-order valence-electron chi connectivity index (χ0n) is 19.8. The predicted molar refractivity (Wildman–Crippen MR) is 137 cm³/mol. The number of carbonyl (C=O) groups excluding carboxylic acids is 4. The molecule has 1 saturated heterocycles. The Hall–Kier alpha value is -4.21. The van der Waals surface area contributed by atoms with Crippen molar-refractivity contribution in [1.29, 1.82) is 0 Å². The summed E-state index contributed by atoms with van der Waals surface area (Å²) in [7, 11) is 0. The molecule has 37 heavy (non-hydrogen) atoms. The van der Waals surface area contributed by atoms with E-state index in [0.717, 1.165) is 16.0 Å². The van der Waals surface area contributed by atoms with Crippen LogP contribution in [0.4, 0.5) is 10.5 Å². The fourth-order valence-corrected chi connectivity index (χ4v) is 4.22. The zero-order valence-corrected chi connectivity index (χ0v) is 20.5. The second kappa shape index (κ2) is 11.7. The van der Waals surface area contributed by atoms with Crippen molar-refractivity contribution in [2.24, 2.45) is 0 Å². The summed E-state index contributed by atoms with van der Waals surface area (Å²) in [6.07, 6.45) is 0.192. The second-order valence-electron chi connectivity index (χ2n) is 8.52. The van der Waals surface area contributed by atoms with E-state index in [1.165, 1.54) is 17.0 Å². The minimum atomic E-state index is -0.801. The Bertz CT molecular complexity index is 1280. The molecule has 190 valence electrons. The average Bonchev–Trinajstić information content (AvgIpc) is 3.15. The number of urea groups is 1. The van der Waals surface area contributed by atoms with Crippen LogP contribution in [0.1, 0.15) is 34.3 Å². The monoisotopic (exact) mass is 520 g/mol. The SMILES string of the molecule is O=C(CCC1C(=O)N(c2ccc(Cl)cc2)C(=O)N1Cc1ccccc1)NCc1ccc(C(=O)NO)cc1. The van der Waals surface area contributed by atoms with Crippen LogP contribution in [-0.2, 0) is 22.7 Å². The summed E-state index contributed by atoms with van der Waals surface area (Å²) < 4.78 is 0. The number of carbonyl (C=O) groups is 4. The molecule has 0 radical (unpaired) electrons. The number of halogens is 1. The van der Waals surface area contributed by atoms with Crippen LogP contribution < -0.4 is 15.7 Å². The molecule has 1 heterocycles. The Labute approximate surface area is 218 Å². The Balaban J connectivity index is 1.43. The minimum absolute atomic E-state index is 0.0361. The molecule has 0 saturated carbocycles. The minimum Gasteiger partial charge on any atom is -0.352 e. The maximum absolute atomic E-state index is 13.4. The van der Waals surface area contributed by atoms with Crippen molar-refractivity contribution in [3.8, 4) is 0 Å². The normalized spacial score (nSPS) is 15.1. The van der Waals surface area contributed by atoms with Crippen LogP contribution in [0.2, 0.25) is 5.02 Å². The van der Waals surface area contributed by atoms with Gasteiger partial charge in [0.2, 0.25) is 5.91 Å². The summed E-state index contributed by atoms with van der Waals surface area (Å²) >= 11 is 5.97. The summed E-state index contributed by atoms with van der Waals surface area (Å²) in [4.78, 5) is 53.3. The summed E-state index contributed by atoms with van der Waals surface area (Å²) in [6.45, 7) is 0.456. The van der Waals surface area contributed by atoms with Crippen LogP contribution in [-0.4, -0.2) is 39.9 Å². The van der Waals surface area contributed by atoms with E-state index in [1.54, 1.807) is 41.9 Å². The molecular formula is C27H25ClN4O5. The summed E-state index contributed by atoms with van der Waals surface area (Å²) in [5.74, 6) is -1.30. The van der Waals surface area contributed by atoms with E-state index in [2.05, 4.69) is 5.32 Å². The van der Waals surface area contributed by atoms with Crippen molar-refractivity contribution >= 4 is 41.0 Å². The molecular weight excluding hydrogens is 496 g/mol. The van der Waals surface area contributed by atoms with E-state index in [0.29, 0.717) is 10.7 Å². The third kappa shape index (κ3) is 6.14. The number of nitrogens with zero attached hydrogens (tertiary/aromatic N) is 2. The molecule has 0 bridgehead atoms. The molecule has 0 aliphatic carbocycles. The van der Waals surface area contributed by atoms with Gasteiger partial charge >= 0.3 is 6.03 Å². The van der Waals surface area contributed by atoms with Gasteiger partial charge in [-0.1, -0.05) is 54.1 Å². The molecule has 1 aliphatic rings. The van der Waals surface area contributed by atoms with E-state index >= 15 is 0 Å². The van der Waals surface area contributed by atoms with Crippen molar-refractivity contribution in [3.63, 3.8) is 0 Å². The Morgan fingerprint density at radius 1 is 0.892 bits per heavy atom. The molecule has 0 spiro atoms. The molecule has 1 aliphatic heterocycles. The van der Waals surface area contributed by atoms with Crippen LogP contribution in [0, 0.1) is 0 Å². The van der Waals surface area contributed by atoms with Gasteiger partial charge in [0.1, 0.15) is 6.04 Å². The second-order valence-corrected chi connectivity index (χ2v) is 8.95. The summed E-state index contributed by atoms with van der Waals surface area (Å²) in [6, 6.07) is 20.9. The van der Waals surface area contributed by atoms with Crippen molar-refractivity contribution in [2.75, 3.05) is 4.90 Å². The van der Waals surface area contributed by atoms with Crippen LogP contribution in [0.25, 0.3) is 0 Å². The van der Waals surface area contributed by atoms with E-state index in [1.807, 2.05) is 30.3 Å². The first-order valence-corrected chi connectivity index (χ1v) is 12.0. The fraction of sp³-hybridized carbons (Fsp3) is 0.185. The lowest BCUT2D eigenvalue weighted by Gasteiger charge is -2.22. The topological polar surface area (TPSA) is 119 Å². The Morgan fingerprint density at radius 2 is 1.57 bits per heavy atom. The quantitative estimate of drug-likeness (QED) is 0.225. The summed E-state index contributed by atoms with van der Waals surface area (Å²) in [5.41, 5.74) is 3.89. The van der Waals surface area contributed by atoms with Crippen molar-refractivity contribution in [1.82, 2.24) is 15.7 Å². The first-order valence-electron chi connectivity index (χ1n) is 11.6. The molecule has 1 atom stereocenters. The molecule has 0 aromatic heterocycles. The number of hydrogen-bond donors (Lipinski definition) is 3. The third-order valence-corrected chi connectivity index (χ3v) is 6.30. The molecule has 4 rings (SSSR count). The lowest BCUT2D eigenvalue weighted by atomic mass is 10.1. The first kappa shape index (κ1) is 25.9. The average molecular weight is 521 g/mol. The molecule has 3 aromatic carbocycles. The largest absolute Gasteiger partial charge is 0.352 e. The lowest BCUT2D eigenvalue weighted by Crippen LogP contribution is -2.36. The number of amides is 5. The standard InChI is InChI=1S/C27H25ClN4O5/c28-21-10-12-22(13-11-21)32-26(35)23(31(27(32)36)17-19-4-2-1-3-5-19)14-15-24(33)29-16-18-6-8-20(9-7-18)25(34)30-37/h1-13,23,37H,14-17H2,(H,29,33)(H,30,34). The van der Waals surface area contributed by atoms with E-state index in [9.17, 15) is 19.2 Å². The number of hydrogen-bond acceptors (Lipinski definition) is 5. The van der Waals surface area contributed by atoms with Crippen molar-refractivity contribution < 1.29 is 24.4 Å². The number of nitrogens with one attached hydrogen (secondary N) is 2. The number of benzene rings is 3. The van der Waals surface area contributed by atoms with Gasteiger partial charge in [-0.2, -0.15) is 0 Å². The first-order chi connectivity index (χ1) is 17.9. The summed E-state index contributed by atoms with van der Waals surface area (Å²) in [5, 5.41) is 12.0. The molecule has 1 fully saturated rings. The Kier molecular flexibility index (Phi) is 8.17. The maximum Gasteiger partial charge on any atom is 0.332 e. The van der Waals surface area contributed by atoms with Gasteiger partial charge < -0.3 is 10.2 Å². The van der Waals surface area contributed by atoms with Gasteiger partial charge in [0.05, 0.1) is 5.69 Å². The number of rotatable bonds is 9. The maximum atomic E-state index is 13.4. The number of anilines is 1.